The van der Waals surface area contributed by atoms with Crippen molar-refractivity contribution < 1.29 is 19.3 Å². The van der Waals surface area contributed by atoms with Gasteiger partial charge in [0.15, 0.2) is 0 Å². The molecule has 0 heterocycles. The Balaban J connectivity index is 0.000000163. The molecule has 1 N–H and O–H groups in total. The molecule has 0 bridgehead atoms. The number of carbonyl (C=O) groups is 1. The monoisotopic (exact) mass is 613 g/mol. The predicted molar refractivity (Wildman–Crippen MR) is 170 cm³/mol. The van der Waals surface area contributed by atoms with Gasteiger partial charge in [0.25, 0.3) is 0 Å². The molecule has 5 rings (SSSR count). The van der Waals surface area contributed by atoms with E-state index in [-0.39, 0.29) is 11.8 Å². The van der Waals surface area contributed by atoms with Crippen LogP contribution >= 0.6 is 18.6 Å². The minimum atomic E-state index is -1.69. The number of benzene rings is 3. The molecular formula is C33H41Cl2NOSiTi-2. The van der Waals surface area contributed by atoms with Crippen molar-refractivity contribution in [3.63, 3.8) is 0 Å². The maximum absolute atomic E-state index is 11.1. The summed E-state index contributed by atoms with van der Waals surface area (Å²) in [5.41, 5.74) is 7.23. The van der Waals surface area contributed by atoms with Crippen molar-refractivity contribution in [2.45, 2.75) is 77.2 Å². The van der Waals surface area contributed by atoms with Gasteiger partial charge in [-0.15, -0.1) is 39.7 Å². The Hall–Kier alpha value is -1.49. The smallest absolute Gasteiger partial charge is 0.0519 e. The maximum Gasteiger partial charge on any atom is 0.0519 e. The third-order valence-electron chi connectivity index (χ3n) is 7.49. The van der Waals surface area contributed by atoms with E-state index in [2.05, 4.69) is 73.3 Å². The first kappa shape index (κ1) is 32.0. The van der Waals surface area contributed by atoms with E-state index in [1.54, 1.807) is 0 Å². The van der Waals surface area contributed by atoms with Crippen molar-refractivity contribution in [2.24, 2.45) is 5.92 Å². The van der Waals surface area contributed by atoms with E-state index in [0.29, 0.717) is 0 Å². The molecule has 0 aliphatic heterocycles. The molecule has 0 atom stereocenters. The molecule has 6 heteroatoms. The number of carbonyl (C=O) groups excluding carboxylic acids is 1. The summed E-state index contributed by atoms with van der Waals surface area (Å²) in [5, 5.41) is 6.75. The van der Waals surface area contributed by atoms with Crippen molar-refractivity contribution in [1.29, 1.82) is 0 Å². The first-order valence-electron chi connectivity index (χ1n) is 14.3. The standard InChI is InChI=1S/C13H25NO.C13H9.C7H8Si.2ClH.Ti/c14-13(15)12-10-8-6-4-2-1-3-5-7-9-11-12;1-3-7-12-10(5-1)9-11-6-2-4-8-13(11)12;1-8-7-5-3-2-4-6-7;;;/h12H,1-11H2,(H2,14,15);1-9H;2-6H,1H3;2*1H;/q;-1;;;;+2/p-3. The zero-order valence-electron chi connectivity index (χ0n) is 23.1. The summed E-state index contributed by atoms with van der Waals surface area (Å²) in [6.07, 6.45) is 12.9. The van der Waals surface area contributed by atoms with Crippen LogP contribution < -0.4 is 5.19 Å². The van der Waals surface area contributed by atoms with E-state index in [1.807, 2.05) is 18.2 Å². The SMILES string of the molecule is C[Si](c1ccccc1)=[Ti]([Cl])[Cl].[NH-]C(=O)C1CCCCCCCCCCC1.c1ccc2c(c1)[cH-]c1ccccc12. The molecule has 1 aliphatic rings. The molecule has 2 nitrogen and oxygen atoms in total. The predicted octanol–water partition coefficient (Wildman–Crippen LogP) is 10.6. The average molecular weight is 615 g/mol. The second-order valence-electron chi connectivity index (χ2n) is 10.4. The fraction of sp³-hybridized carbons (Fsp3) is 0.394. The van der Waals surface area contributed by atoms with E-state index >= 15 is 0 Å². The van der Waals surface area contributed by atoms with Crippen molar-refractivity contribution in [2.75, 3.05) is 0 Å². The molecule has 0 aromatic heterocycles. The van der Waals surface area contributed by atoms with Gasteiger partial charge in [-0.1, -0.05) is 94.2 Å². The van der Waals surface area contributed by atoms with E-state index < -0.39 is 20.7 Å². The number of rotatable bonds is 2. The molecule has 1 aliphatic carbocycles. The Labute approximate surface area is 249 Å². The summed E-state index contributed by atoms with van der Waals surface area (Å²) in [6, 6.07) is 29.6. The summed E-state index contributed by atoms with van der Waals surface area (Å²) in [6.45, 7) is 2.19. The summed E-state index contributed by atoms with van der Waals surface area (Å²) in [5.74, 6) is -0.281. The minimum Gasteiger partial charge on any atom is -0.668 e. The molecule has 0 unspecified atom stereocenters. The van der Waals surface area contributed by atoms with Crippen LogP contribution in [0.3, 0.4) is 0 Å². The number of halogens is 2. The van der Waals surface area contributed by atoms with E-state index in [1.165, 1.54) is 71.7 Å². The van der Waals surface area contributed by atoms with Gasteiger partial charge in [0.05, 0.1) is 5.91 Å². The average Bonchev–Trinajstić information content (AvgIpc) is 3.33. The van der Waals surface area contributed by atoms with Crippen LogP contribution in [0.1, 0.15) is 70.6 Å². The Morgan fingerprint density at radius 2 is 1.13 bits per heavy atom. The van der Waals surface area contributed by atoms with E-state index in [4.69, 9.17) is 24.3 Å². The van der Waals surface area contributed by atoms with Crippen molar-refractivity contribution in [1.82, 2.24) is 0 Å². The largest absolute Gasteiger partial charge is 0.668 e. The van der Waals surface area contributed by atoms with Gasteiger partial charge in [-0.25, -0.2) is 0 Å². The van der Waals surface area contributed by atoms with Gasteiger partial charge in [-0.3, -0.25) is 0 Å². The zero-order valence-corrected chi connectivity index (χ0v) is 27.2. The van der Waals surface area contributed by atoms with Gasteiger partial charge in [0.1, 0.15) is 0 Å². The minimum absolute atomic E-state index is 0.0458. The second-order valence-corrected chi connectivity index (χ2v) is 25.1. The molecule has 208 valence electrons. The fourth-order valence-corrected chi connectivity index (χ4v) is 10.5. The maximum atomic E-state index is 11.1. The molecule has 0 saturated heterocycles. The second kappa shape index (κ2) is 18.0. The third-order valence-corrected chi connectivity index (χ3v) is 20.3. The number of amides is 1. The van der Waals surface area contributed by atoms with Crippen molar-refractivity contribution in [3.8, 4) is 0 Å². The van der Waals surface area contributed by atoms with Crippen LogP contribution in [-0.4, -0.2) is 12.1 Å². The van der Waals surface area contributed by atoms with Gasteiger partial charge in [0.2, 0.25) is 0 Å². The molecule has 1 fully saturated rings. The molecule has 0 spiro atoms. The number of fused-ring (bicyclic) bond motifs is 3. The van der Waals surface area contributed by atoms with Crippen LogP contribution in [0, 0.1) is 5.92 Å². The van der Waals surface area contributed by atoms with Crippen LogP contribution in [0.5, 0.6) is 0 Å². The van der Waals surface area contributed by atoms with Crippen LogP contribution in [0.15, 0.2) is 84.9 Å². The van der Waals surface area contributed by atoms with Crippen LogP contribution in [0.4, 0.5) is 0 Å². The molecule has 1 amide bonds. The fourth-order valence-electron chi connectivity index (χ4n) is 5.13. The Kier molecular flexibility index (Phi) is 14.8. The number of nitrogens with one attached hydrogen (secondary N) is 1. The van der Waals surface area contributed by atoms with Gasteiger partial charge in [0, 0.05) is 5.92 Å². The van der Waals surface area contributed by atoms with Gasteiger partial charge < -0.3 is 10.5 Å². The molecule has 39 heavy (non-hydrogen) atoms. The van der Waals surface area contributed by atoms with Crippen molar-refractivity contribution in [3.05, 3.63) is 90.7 Å². The molecule has 4 aromatic rings. The van der Waals surface area contributed by atoms with Gasteiger partial charge >= 0.3 is 81.3 Å². The summed E-state index contributed by atoms with van der Waals surface area (Å²) < 4.78 is 0. The summed E-state index contributed by atoms with van der Waals surface area (Å²) in [4.78, 5) is 11.1. The summed E-state index contributed by atoms with van der Waals surface area (Å²) >= 11 is -1.69. The number of hydrogen-bond acceptors (Lipinski definition) is 1. The first-order chi connectivity index (χ1) is 19.0. The molecular weight excluding hydrogens is 573 g/mol. The van der Waals surface area contributed by atoms with Gasteiger partial charge in [-0.05, 0) is 12.8 Å². The molecule has 1 saturated carbocycles. The number of hydrogen-bond donors (Lipinski definition) is 0. The van der Waals surface area contributed by atoms with Crippen LogP contribution in [0.25, 0.3) is 27.3 Å². The Morgan fingerprint density at radius 3 is 1.56 bits per heavy atom. The summed E-state index contributed by atoms with van der Waals surface area (Å²) in [7, 11) is 11.9. The topological polar surface area (TPSA) is 40.9 Å². The molecule has 0 radical (unpaired) electrons. The zero-order chi connectivity index (χ0) is 27.9. The van der Waals surface area contributed by atoms with Crippen LogP contribution in [-0.2, 0) is 19.3 Å². The Bertz CT molecular complexity index is 1250. The molecule has 4 aromatic carbocycles. The normalized spacial score (nSPS) is 15.1. The van der Waals surface area contributed by atoms with Gasteiger partial charge in [-0.2, -0.15) is 0 Å². The third kappa shape index (κ3) is 11.1. The van der Waals surface area contributed by atoms with Crippen LogP contribution in [0.2, 0.25) is 6.55 Å². The van der Waals surface area contributed by atoms with Crippen molar-refractivity contribution >= 4 is 57.4 Å². The first-order valence-corrected chi connectivity index (χ1v) is 23.0. The van der Waals surface area contributed by atoms with E-state index in [0.717, 1.165) is 25.7 Å². The quantitative estimate of drug-likeness (QED) is 0.164. The van der Waals surface area contributed by atoms with E-state index in [9.17, 15) is 4.79 Å². The Morgan fingerprint density at radius 1 is 0.718 bits per heavy atom.